The zero-order valence-electron chi connectivity index (χ0n) is 8.92. The predicted molar refractivity (Wildman–Crippen MR) is 60.9 cm³/mol. The zero-order chi connectivity index (χ0) is 12.1. The molecule has 0 saturated heterocycles. The van der Waals surface area contributed by atoms with E-state index < -0.39 is 5.97 Å². The van der Waals surface area contributed by atoms with Gasteiger partial charge in [0.05, 0.1) is 12.0 Å². The molecule has 0 aliphatic rings. The highest BCUT2D eigenvalue weighted by atomic mass is 32.2. The fourth-order valence-corrected chi connectivity index (χ4v) is 1.81. The molecule has 0 aromatic carbocycles. The van der Waals surface area contributed by atoms with Crippen LogP contribution >= 0.6 is 11.8 Å². The monoisotopic (exact) mass is 253 g/mol. The Morgan fingerprint density at radius 3 is 3.12 bits per heavy atom. The SMILES string of the molecule is O=C(O)CSc1n[nH]c(CCc2ccco2)n1. The average molecular weight is 253 g/mol. The largest absolute Gasteiger partial charge is 0.481 e. The van der Waals surface area contributed by atoms with Crippen LogP contribution in [0.3, 0.4) is 0 Å². The second-order valence-corrected chi connectivity index (χ2v) is 4.27. The molecule has 0 aliphatic heterocycles. The fraction of sp³-hybridized carbons (Fsp3) is 0.300. The van der Waals surface area contributed by atoms with Crippen molar-refractivity contribution in [1.82, 2.24) is 15.2 Å². The molecule has 2 N–H and O–H groups in total. The highest BCUT2D eigenvalue weighted by Gasteiger charge is 2.07. The Morgan fingerprint density at radius 1 is 1.53 bits per heavy atom. The van der Waals surface area contributed by atoms with Gasteiger partial charge in [-0.25, -0.2) is 4.98 Å². The first-order valence-electron chi connectivity index (χ1n) is 5.02. The van der Waals surface area contributed by atoms with Gasteiger partial charge in [0.1, 0.15) is 11.6 Å². The number of nitrogens with one attached hydrogen (secondary N) is 1. The van der Waals surface area contributed by atoms with Gasteiger partial charge in [-0.3, -0.25) is 9.89 Å². The summed E-state index contributed by atoms with van der Waals surface area (Å²) in [7, 11) is 0. The molecule has 90 valence electrons. The van der Waals surface area contributed by atoms with E-state index in [9.17, 15) is 4.79 Å². The van der Waals surface area contributed by atoms with Gasteiger partial charge in [-0.05, 0) is 12.1 Å². The minimum absolute atomic E-state index is 0.0323. The van der Waals surface area contributed by atoms with Gasteiger partial charge >= 0.3 is 5.97 Å². The lowest BCUT2D eigenvalue weighted by molar-refractivity contribution is -0.133. The van der Waals surface area contributed by atoms with Crippen molar-refractivity contribution in [3.63, 3.8) is 0 Å². The van der Waals surface area contributed by atoms with Crippen LogP contribution in [0.5, 0.6) is 0 Å². The van der Waals surface area contributed by atoms with Crippen LogP contribution in [0.2, 0.25) is 0 Å². The number of thioether (sulfide) groups is 1. The number of rotatable bonds is 6. The number of aromatic nitrogens is 3. The zero-order valence-corrected chi connectivity index (χ0v) is 9.74. The molecule has 17 heavy (non-hydrogen) atoms. The van der Waals surface area contributed by atoms with Crippen molar-refractivity contribution in [2.75, 3.05) is 5.75 Å². The normalized spacial score (nSPS) is 10.6. The molecule has 2 aromatic rings. The highest BCUT2D eigenvalue weighted by molar-refractivity contribution is 7.99. The number of aromatic amines is 1. The molecule has 7 heteroatoms. The van der Waals surface area contributed by atoms with Crippen LogP contribution in [-0.2, 0) is 17.6 Å². The molecule has 2 aromatic heterocycles. The van der Waals surface area contributed by atoms with Crippen LogP contribution in [0.25, 0.3) is 0 Å². The average Bonchev–Trinajstić information content (AvgIpc) is 2.95. The van der Waals surface area contributed by atoms with Crippen LogP contribution in [0, 0.1) is 0 Å². The minimum atomic E-state index is -0.878. The lowest BCUT2D eigenvalue weighted by Gasteiger charge is -1.92. The Labute approximate surface area is 101 Å². The molecule has 0 spiro atoms. The second-order valence-electron chi connectivity index (χ2n) is 3.33. The highest BCUT2D eigenvalue weighted by Crippen LogP contribution is 2.12. The van der Waals surface area contributed by atoms with E-state index in [0.717, 1.165) is 29.8 Å². The molecule has 6 nitrogen and oxygen atoms in total. The molecule has 0 atom stereocenters. The van der Waals surface area contributed by atoms with Crippen LogP contribution in [0.15, 0.2) is 28.0 Å². The van der Waals surface area contributed by atoms with Gasteiger partial charge in [0, 0.05) is 12.8 Å². The number of hydrogen-bond donors (Lipinski definition) is 2. The van der Waals surface area contributed by atoms with Crippen molar-refractivity contribution >= 4 is 17.7 Å². The van der Waals surface area contributed by atoms with Crippen molar-refractivity contribution in [1.29, 1.82) is 0 Å². The van der Waals surface area contributed by atoms with Gasteiger partial charge < -0.3 is 9.52 Å². The first kappa shape index (κ1) is 11.7. The van der Waals surface area contributed by atoms with Crippen LogP contribution in [0.4, 0.5) is 0 Å². The molecule has 2 heterocycles. The van der Waals surface area contributed by atoms with Gasteiger partial charge in [0.2, 0.25) is 5.16 Å². The van der Waals surface area contributed by atoms with Gasteiger partial charge in [0.25, 0.3) is 0 Å². The lowest BCUT2D eigenvalue weighted by atomic mass is 10.2. The summed E-state index contributed by atoms with van der Waals surface area (Å²) in [6.45, 7) is 0. The number of H-pyrrole nitrogens is 1. The van der Waals surface area contributed by atoms with E-state index in [1.807, 2.05) is 12.1 Å². The number of aryl methyl sites for hydroxylation is 2. The second kappa shape index (κ2) is 5.53. The maximum atomic E-state index is 10.4. The first-order valence-corrected chi connectivity index (χ1v) is 6.01. The number of furan rings is 1. The molecule has 0 unspecified atom stereocenters. The Kier molecular flexibility index (Phi) is 3.81. The van der Waals surface area contributed by atoms with Crippen LogP contribution < -0.4 is 0 Å². The van der Waals surface area contributed by atoms with E-state index >= 15 is 0 Å². The van der Waals surface area contributed by atoms with E-state index in [4.69, 9.17) is 9.52 Å². The molecular weight excluding hydrogens is 242 g/mol. The van der Waals surface area contributed by atoms with E-state index in [1.54, 1.807) is 6.26 Å². The van der Waals surface area contributed by atoms with E-state index in [2.05, 4.69) is 15.2 Å². The standard InChI is InChI=1S/C10H11N3O3S/c14-9(15)6-17-10-11-8(12-13-10)4-3-7-2-1-5-16-7/h1-2,5H,3-4,6H2,(H,14,15)(H,11,12,13). The van der Waals surface area contributed by atoms with E-state index in [-0.39, 0.29) is 5.75 Å². The van der Waals surface area contributed by atoms with E-state index in [1.165, 1.54) is 0 Å². The van der Waals surface area contributed by atoms with Crippen molar-refractivity contribution in [2.24, 2.45) is 0 Å². The predicted octanol–water partition coefficient (Wildman–Crippen LogP) is 1.36. The maximum Gasteiger partial charge on any atom is 0.313 e. The summed E-state index contributed by atoms with van der Waals surface area (Å²) in [5.41, 5.74) is 0. The van der Waals surface area contributed by atoms with Crippen LogP contribution in [0.1, 0.15) is 11.6 Å². The number of nitrogens with zero attached hydrogens (tertiary/aromatic N) is 2. The Morgan fingerprint density at radius 2 is 2.41 bits per heavy atom. The topological polar surface area (TPSA) is 92.0 Å². The Bertz CT molecular complexity index is 481. The summed E-state index contributed by atoms with van der Waals surface area (Å²) < 4.78 is 5.20. The number of hydrogen-bond acceptors (Lipinski definition) is 5. The Hall–Kier alpha value is -1.76. The molecule has 0 aliphatic carbocycles. The molecule has 0 radical (unpaired) electrons. The minimum Gasteiger partial charge on any atom is -0.481 e. The summed E-state index contributed by atoms with van der Waals surface area (Å²) in [5.74, 6) is 0.711. The summed E-state index contributed by atoms with van der Waals surface area (Å²) in [6, 6.07) is 3.74. The lowest BCUT2D eigenvalue weighted by Crippen LogP contribution is -1.98. The van der Waals surface area contributed by atoms with Gasteiger partial charge in [-0.1, -0.05) is 11.8 Å². The van der Waals surface area contributed by atoms with Crippen molar-refractivity contribution in [2.45, 2.75) is 18.0 Å². The summed E-state index contributed by atoms with van der Waals surface area (Å²) in [5, 5.41) is 15.7. The van der Waals surface area contributed by atoms with Crippen molar-refractivity contribution < 1.29 is 14.3 Å². The first-order chi connectivity index (χ1) is 8.24. The summed E-state index contributed by atoms with van der Waals surface area (Å²) in [4.78, 5) is 14.5. The number of carboxylic acid groups (broad SMARTS) is 1. The number of carbonyl (C=O) groups is 1. The van der Waals surface area contributed by atoms with E-state index in [0.29, 0.717) is 11.6 Å². The number of aliphatic carboxylic acids is 1. The summed E-state index contributed by atoms with van der Waals surface area (Å²) >= 11 is 1.10. The van der Waals surface area contributed by atoms with Crippen LogP contribution in [-0.4, -0.2) is 32.0 Å². The van der Waals surface area contributed by atoms with Gasteiger partial charge in [-0.2, -0.15) is 0 Å². The fourth-order valence-electron chi connectivity index (χ4n) is 1.28. The molecule has 0 bridgehead atoms. The van der Waals surface area contributed by atoms with Gasteiger partial charge in [-0.15, -0.1) is 5.10 Å². The van der Waals surface area contributed by atoms with Gasteiger partial charge in [0.15, 0.2) is 0 Å². The third-order valence-electron chi connectivity index (χ3n) is 2.02. The molecule has 0 fully saturated rings. The molecular formula is C10H11N3O3S. The molecule has 2 rings (SSSR count). The maximum absolute atomic E-state index is 10.4. The third kappa shape index (κ3) is 3.63. The smallest absolute Gasteiger partial charge is 0.313 e. The molecule has 0 amide bonds. The number of carboxylic acids is 1. The molecule has 0 saturated carbocycles. The van der Waals surface area contributed by atoms with Crippen molar-refractivity contribution in [3.05, 3.63) is 30.0 Å². The van der Waals surface area contributed by atoms with Crippen molar-refractivity contribution in [3.8, 4) is 0 Å². The summed E-state index contributed by atoms with van der Waals surface area (Å²) in [6.07, 6.45) is 3.06. The quantitative estimate of drug-likeness (QED) is 0.755. The Balaban J connectivity index is 1.83. The third-order valence-corrected chi connectivity index (χ3v) is 2.86.